The number of nitrogens with zero attached hydrogens (tertiary/aromatic N) is 3. The lowest BCUT2D eigenvalue weighted by molar-refractivity contribution is 0.243. The lowest BCUT2D eigenvalue weighted by Gasteiger charge is -2.27. The van der Waals surface area contributed by atoms with Gasteiger partial charge in [0.1, 0.15) is 5.82 Å². The minimum Gasteiger partial charge on any atom is -0.361 e. The Labute approximate surface area is 138 Å². The Bertz CT molecular complexity index is 861. The van der Waals surface area contributed by atoms with E-state index in [1.165, 1.54) is 11.6 Å². The van der Waals surface area contributed by atoms with Gasteiger partial charge in [-0.3, -0.25) is 4.90 Å². The topological polar surface area (TPSA) is 44.8 Å². The van der Waals surface area contributed by atoms with E-state index in [9.17, 15) is 4.39 Å². The third-order valence-electron chi connectivity index (χ3n) is 4.30. The molecule has 0 saturated carbocycles. The van der Waals surface area contributed by atoms with E-state index in [2.05, 4.69) is 19.9 Å². The average molecular weight is 328 g/mol. The highest BCUT2D eigenvalue weighted by molar-refractivity contribution is 7.98. The standard InChI is InChI=1S/C17H17FN4S/c1-23-17-20-8-12-10-22(5-4-15(12)21-17)9-11-7-19-16-3-2-13(18)6-14(11)16/h2-3,6-8,19H,4-5,9-10H2,1H3. The number of thioether (sulfide) groups is 1. The Morgan fingerprint density at radius 3 is 3.17 bits per heavy atom. The SMILES string of the molecule is CSc1ncc2c(n1)CCN(Cc1c[nH]c3ccc(F)cc13)C2. The molecule has 0 aliphatic carbocycles. The van der Waals surface area contributed by atoms with Crippen LogP contribution in [0.2, 0.25) is 0 Å². The molecule has 3 aromatic rings. The number of hydrogen-bond acceptors (Lipinski definition) is 4. The number of fused-ring (bicyclic) bond motifs is 2. The summed E-state index contributed by atoms with van der Waals surface area (Å²) in [6, 6.07) is 4.88. The van der Waals surface area contributed by atoms with Gasteiger partial charge in [0.2, 0.25) is 0 Å². The predicted molar refractivity (Wildman–Crippen MR) is 89.9 cm³/mol. The Hall–Kier alpha value is -1.92. The predicted octanol–water partition coefficient (Wildman–Crippen LogP) is 3.38. The zero-order valence-electron chi connectivity index (χ0n) is 12.8. The maximum atomic E-state index is 13.5. The Morgan fingerprint density at radius 1 is 1.39 bits per heavy atom. The minimum absolute atomic E-state index is 0.194. The van der Waals surface area contributed by atoms with Gasteiger partial charge in [-0.2, -0.15) is 0 Å². The molecule has 1 aliphatic heterocycles. The first-order valence-electron chi connectivity index (χ1n) is 7.59. The van der Waals surface area contributed by atoms with Crippen molar-refractivity contribution in [3.63, 3.8) is 0 Å². The monoisotopic (exact) mass is 328 g/mol. The van der Waals surface area contributed by atoms with Crippen LogP contribution in [0.25, 0.3) is 10.9 Å². The molecule has 1 N–H and O–H groups in total. The second kappa shape index (κ2) is 5.94. The van der Waals surface area contributed by atoms with Crippen LogP contribution in [0.1, 0.15) is 16.8 Å². The fraction of sp³-hybridized carbons (Fsp3) is 0.294. The summed E-state index contributed by atoms with van der Waals surface area (Å²) in [5.41, 5.74) is 4.46. The van der Waals surface area contributed by atoms with Crippen LogP contribution in [0, 0.1) is 5.82 Å². The number of hydrogen-bond donors (Lipinski definition) is 1. The summed E-state index contributed by atoms with van der Waals surface area (Å²) in [5, 5.41) is 1.80. The van der Waals surface area contributed by atoms with Crippen LogP contribution in [-0.4, -0.2) is 32.7 Å². The molecule has 2 aromatic heterocycles. The number of aromatic amines is 1. The third-order valence-corrected chi connectivity index (χ3v) is 4.86. The molecule has 4 nitrogen and oxygen atoms in total. The molecule has 6 heteroatoms. The molecular weight excluding hydrogens is 311 g/mol. The van der Waals surface area contributed by atoms with Crippen molar-refractivity contribution < 1.29 is 4.39 Å². The maximum Gasteiger partial charge on any atom is 0.187 e. The molecule has 23 heavy (non-hydrogen) atoms. The van der Waals surface area contributed by atoms with Crippen LogP contribution < -0.4 is 0 Å². The largest absolute Gasteiger partial charge is 0.361 e. The molecule has 0 radical (unpaired) electrons. The summed E-state index contributed by atoms with van der Waals surface area (Å²) in [5.74, 6) is -0.194. The van der Waals surface area contributed by atoms with Crippen LogP contribution in [0.15, 0.2) is 35.7 Å². The van der Waals surface area contributed by atoms with E-state index in [1.807, 2.05) is 18.6 Å². The van der Waals surface area contributed by atoms with Gasteiger partial charge in [0.25, 0.3) is 0 Å². The van der Waals surface area contributed by atoms with Crippen molar-refractivity contribution in [3.05, 3.63) is 53.2 Å². The lowest BCUT2D eigenvalue weighted by atomic mass is 10.1. The van der Waals surface area contributed by atoms with Gasteiger partial charge in [0, 0.05) is 54.9 Å². The summed E-state index contributed by atoms with van der Waals surface area (Å²) in [4.78, 5) is 14.5. The second-order valence-corrected chi connectivity index (χ2v) is 6.57. The Kier molecular flexibility index (Phi) is 3.79. The van der Waals surface area contributed by atoms with Gasteiger partial charge in [-0.25, -0.2) is 14.4 Å². The summed E-state index contributed by atoms with van der Waals surface area (Å²) in [6.45, 7) is 2.60. The van der Waals surface area contributed by atoms with Crippen molar-refractivity contribution in [1.82, 2.24) is 19.9 Å². The van der Waals surface area contributed by atoms with Crippen molar-refractivity contribution in [1.29, 1.82) is 0 Å². The number of H-pyrrole nitrogens is 1. The van der Waals surface area contributed by atoms with Crippen molar-refractivity contribution in [2.45, 2.75) is 24.7 Å². The van der Waals surface area contributed by atoms with Gasteiger partial charge in [-0.1, -0.05) is 11.8 Å². The highest BCUT2D eigenvalue weighted by Crippen LogP contribution is 2.24. The summed E-state index contributed by atoms with van der Waals surface area (Å²) >= 11 is 1.57. The van der Waals surface area contributed by atoms with Crippen molar-refractivity contribution in [2.24, 2.45) is 0 Å². The molecule has 3 heterocycles. The fourth-order valence-corrected chi connectivity index (χ4v) is 3.47. The van der Waals surface area contributed by atoms with Gasteiger partial charge in [-0.05, 0) is 30.0 Å². The van der Waals surface area contributed by atoms with Crippen molar-refractivity contribution >= 4 is 22.7 Å². The quantitative estimate of drug-likeness (QED) is 0.591. The van der Waals surface area contributed by atoms with E-state index in [-0.39, 0.29) is 5.82 Å². The van der Waals surface area contributed by atoms with E-state index in [0.717, 1.165) is 53.4 Å². The smallest absolute Gasteiger partial charge is 0.187 e. The van der Waals surface area contributed by atoms with Crippen LogP contribution in [0.5, 0.6) is 0 Å². The van der Waals surface area contributed by atoms with Gasteiger partial charge in [-0.15, -0.1) is 0 Å². The van der Waals surface area contributed by atoms with Crippen LogP contribution in [0.4, 0.5) is 4.39 Å². The Balaban J connectivity index is 1.56. The second-order valence-electron chi connectivity index (χ2n) is 5.79. The summed E-state index contributed by atoms with van der Waals surface area (Å²) in [6.07, 6.45) is 6.84. The van der Waals surface area contributed by atoms with Crippen molar-refractivity contribution in [2.75, 3.05) is 12.8 Å². The third kappa shape index (κ3) is 2.84. The van der Waals surface area contributed by atoms with Gasteiger partial charge < -0.3 is 4.98 Å². The Morgan fingerprint density at radius 2 is 2.30 bits per heavy atom. The first-order valence-corrected chi connectivity index (χ1v) is 8.82. The number of halogens is 1. The highest BCUT2D eigenvalue weighted by atomic mass is 32.2. The first kappa shape index (κ1) is 14.7. The molecule has 0 fully saturated rings. The molecule has 1 aliphatic rings. The first-order chi connectivity index (χ1) is 11.2. The van der Waals surface area contributed by atoms with E-state index in [4.69, 9.17) is 0 Å². The fourth-order valence-electron chi connectivity index (χ4n) is 3.11. The van der Waals surface area contributed by atoms with E-state index < -0.39 is 0 Å². The molecule has 0 atom stereocenters. The number of nitrogens with one attached hydrogen (secondary N) is 1. The van der Waals surface area contributed by atoms with Crippen molar-refractivity contribution in [3.8, 4) is 0 Å². The lowest BCUT2D eigenvalue weighted by Crippen LogP contribution is -2.30. The van der Waals surface area contributed by atoms with Crippen LogP contribution in [0.3, 0.4) is 0 Å². The zero-order chi connectivity index (χ0) is 15.8. The molecule has 0 amide bonds. The van der Waals surface area contributed by atoms with E-state index >= 15 is 0 Å². The molecule has 0 unspecified atom stereocenters. The summed E-state index contributed by atoms with van der Waals surface area (Å²) < 4.78 is 13.5. The molecule has 4 rings (SSSR count). The molecule has 0 saturated heterocycles. The average Bonchev–Trinajstić information content (AvgIpc) is 2.96. The molecule has 0 bridgehead atoms. The minimum atomic E-state index is -0.194. The normalized spacial score (nSPS) is 15.0. The highest BCUT2D eigenvalue weighted by Gasteiger charge is 2.19. The maximum absolute atomic E-state index is 13.5. The number of benzene rings is 1. The number of rotatable bonds is 3. The van der Waals surface area contributed by atoms with E-state index in [0.29, 0.717) is 0 Å². The van der Waals surface area contributed by atoms with Gasteiger partial charge in [0.05, 0.1) is 5.69 Å². The van der Waals surface area contributed by atoms with Gasteiger partial charge >= 0.3 is 0 Å². The molecular formula is C17H17FN4S. The summed E-state index contributed by atoms with van der Waals surface area (Å²) in [7, 11) is 0. The molecule has 0 spiro atoms. The molecule has 118 valence electrons. The van der Waals surface area contributed by atoms with E-state index in [1.54, 1.807) is 23.9 Å². The van der Waals surface area contributed by atoms with Gasteiger partial charge in [0.15, 0.2) is 5.16 Å². The van der Waals surface area contributed by atoms with Crippen LogP contribution in [-0.2, 0) is 19.5 Å². The molecule has 1 aromatic carbocycles. The zero-order valence-corrected chi connectivity index (χ0v) is 13.7. The number of aromatic nitrogens is 3. The van der Waals surface area contributed by atoms with Crippen LogP contribution >= 0.6 is 11.8 Å².